The SMILES string of the molecule is Nc1nc(CC(=O)N2CCCCCCC2)cs1. The van der Waals surface area contributed by atoms with Gasteiger partial charge in [-0.1, -0.05) is 19.3 Å². The van der Waals surface area contributed by atoms with Gasteiger partial charge >= 0.3 is 0 Å². The van der Waals surface area contributed by atoms with Crippen LogP contribution in [0, 0.1) is 0 Å². The van der Waals surface area contributed by atoms with E-state index in [4.69, 9.17) is 5.73 Å². The number of carbonyl (C=O) groups is 1. The van der Waals surface area contributed by atoms with Crippen molar-refractivity contribution in [2.24, 2.45) is 0 Å². The Kier molecular flexibility index (Phi) is 4.36. The molecular formula is C12H19N3OS. The first-order chi connectivity index (χ1) is 8.25. The molecule has 94 valence electrons. The van der Waals surface area contributed by atoms with E-state index in [2.05, 4.69) is 4.98 Å². The van der Waals surface area contributed by atoms with Crippen LogP contribution in [-0.2, 0) is 11.2 Å². The minimum absolute atomic E-state index is 0.192. The number of hydrogen-bond donors (Lipinski definition) is 1. The third kappa shape index (κ3) is 3.70. The van der Waals surface area contributed by atoms with Gasteiger partial charge in [0.25, 0.3) is 0 Å². The Hall–Kier alpha value is -1.10. The van der Waals surface area contributed by atoms with Gasteiger partial charge < -0.3 is 10.6 Å². The van der Waals surface area contributed by atoms with E-state index in [1.165, 1.54) is 30.6 Å². The molecule has 0 radical (unpaired) electrons. The fraction of sp³-hybridized carbons (Fsp3) is 0.667. The van der Waals surface area contributed by atoms with E-state index in [0.29, 0.717) is 11.6 Å². The van der Waals surface area contributed by atoms with Gasteiger partial charge in [-0.05, 0) is 12.8 Å². The van der Waals surface area contributed by atoms with E-state index in [9.17, 15) is 4.79 Å². The maximum atomic E-state index is 12.1. The predicted octanol–water partition coefficient (Wildman–Crippen LogP) is 2.06. The van der Waals surface area contributed by atoms with Crippen molar-refractivity contribution in [2.45, 2.75) is 38.5 Å². The summed E-state index contributed by atoms with van der Waals surface area (Å²) in [7, 11) is 0. The Morgan fingerprint density at radius 1 is 1.29 bits per heavy atom. The number of amides is 1. The quantitative estimate of drug-likeness (QED) is 0.877. The highest BCUT2D eigenvalue weighted by Crippen LogP contribution is 2.14. The van der Waals surface area contributed by atoms with Crippen LogP contribution in [-0.4, -0.2) is 28.9 Å². The fourth-order valence-corrected chi connectivity index (χ4v) is 2.73. The van der Waals surface area contributed by atoms with Crippen molar-refractivity contribution in [2.75, 3.05) is 18.8 Å². The van der Waals surface area contributed by atoms with Crippen LogP contribution in [0.4, 0.5) is 5.13 Å². The zero-order valence-corrected chi connectivity index (χ0v) is 10.8. The number of thiazole rings is 1. The van der Waals surface area contributed by atoms with Crippen molar-refractivity contribution >= 4 is 22.4 Å². The van der Waals surface area contributed by atoms with Gasteiger partial charge in [-0.2, -0.15) is 0 Å². The molecule has 0 bridgehead atoms. The fourth-order valence-electron chi connectivity index (χ4n) is 2.17. The lowest BCUT2D eigenvalue weighted by molar-refractivity contribution is -0.130. The molecule has 1 fully saturated rings. The second-order valence-corrected chi connectivity index (χ2v) is 5.39. The van der Waals surface area contributed by atoms with Crippen molar-refractivity contribution in [3.8, 4) is 0 Å². The standard InChI is InChI=1S/C12H19N3OS/c13-12-14-10(9-17-12)8-11(16)15-6-4-2-1-3-5-7-15/h9H,1-8H2,(H2,13,14). The average Bonchev–Trinajstić information content (AvgIpc) is 2.63. The summed E-state index contributed by atoms with van der Waals surface area (Å²) in [4.78, 5) is 18.2. The molecule has 17 heavy (non-hydrogen) atoms. The van der Waals surface area contributed by atoms with E-state index in [-0.39, 0.29) is 5.91 Å². The summed E-state index contributed by atoms with van der Waals surface area (Å²) in [5, 5.41) is 2.41. The molecule has 0 aromatic carbocycles. The second kappa shape index (κ2) is 6.00. The van der Waals surface area contributed by atoms with Crippen molar-refractivity contribution in [1.82, 2.24) is 9.88 Å². The molecular weight excluding hydrogens is 234 g/mol. The third-order valence-corrected chi connectivity index (χ3v) is 3.83. The van der Waals surface area contributed by atoms with Gasteiger partial charge in [-0.25, -0.2) is 4.98 Å². The van der Waals surface area contributed by atoms with Gasteiger partial charge in [0.1, 0.15) is 0 Å². The van der Waals surface area contributed by atoms with Gasteiger partial charge in [0.15, 0.2) is 5.13 Å². The summed E-state index contributed by atoms with van der Waals surface area (Å²) in [5.74, 6) is 0.192. The van der Waals surface area contributed by atoms with Gasteiger partial charge in [0.05, 0.1) is 12.1 Å². The van der Waals surface area contributed by atoms with Crippen molar-refractivity contribution in [3.63, 3.8) is 0 Å². The number of likely N-dealkylation sites (tertiary alicyclic amines) is 1. The molecule has 0 aliphatic carbocycles. The van der Waals surface area contributed by atoms with Crippen molar-refractivity contribution in [1.29, 1.82) is 0 Å². The molecule has 4 nitrogen and oxygen atoms in total. The molecule has 2 rings (SSSR count). The minimum Gasteiger partial charge on any atom is -0.375 e. The van der Waals surface area contributed by atoms with Gasteiger partial charge in [-0.3, -0.25) is 4.79 Å². The molecule has 1 saturated heterocycles. The Morgan fingerprint density at radius 2 is 1.94 bits per heavy atom. The van der Waals surface area contributed by atoms with Gasteiger partial charge in [0.2, 0.25) is 5.91 Å². The minimum atomic E-state index is 0.192. The van der Waals surface area contributed by atoms with Crippen molar-refractivity contribution in [3.05, 3.63) is 11.1 Å². The van der Waals surface area contributed by atoms with Crippen LogP contribution in [0.3, 0.4) is 0 Å². The normalized spacial score (nSPS) is 17.5. The van der Waals surface area contributed by atoms with E-state index in [1.807, 2.05) is 10.3 Å². The highest BCUT2D eigenvalue weighted by atomic mass is 32.1. The number of nitrogens with zero attached hydrogens (tertiary/aromatic N) is 2. The molecule has 0 unspecified atom stereocenters. The summed E-state index contributed by atoms with van der Waals surface area (Å²) in [6, 6.07) is 0. The van der Waals surface area contributed by atoms with Crippen LogP contribution in [0.5, 0.6) is 0 Å². The Morgan fingerprint density at radius 3 is 2.53 bits per heavy atom. The predicted molar refractivity (Wildman–Crippen MR) is 69.9 cm³/mol. The number of rotatable bonds is 2. The lowest BCUT2D eigenvalue weighted by Gasteiger charge is -2.24. The highest BCUT2D eigenvalue weighted by Gasteiger charge is 2.16. The molecule has 1 aliphatic heterocycles. The van der Waals surface area contributed by atoms with Crippen LogP contribution in [0.25, 0.3) is 0 Å². The van der Waals surface area contributed by atoms with Gasteiger partial charge in [-0.15, -0.1) is 11.3 Å². The lowest BCUT2D eigenvalue weighted by Crippen LogP contribution is -2.34. The van der Waals surface area contributed by atoms with E-state index in [1.54, 1.807) is 0 Å². The Bertz CT molecular complexity index is 370. The summed E-state index contributed by atoms with van der Waals surface area (Å²) < 4.78 is 0. The molecule has 2 N–H and O–H groups in total. The summed E-state index contributed by atoms with van der Waals surface area (Å²) in [6.07, 6.45) is 6.45. The number of hydrogen-bond acceptors (Lipinski definition) is 4. The Labute approximate surface area is 106 Å². The molecule has 0 saturated carbocycles. The molecule has 2 heterocycles. The number of nitrogen functional groups attached to an aromatic ring is 1. The van der Waals surface area contributed by atoms with E-state index < -0.39 is 0 Å². The topological polar surface area (TPSA) is 59.2 Å². The smallest absolute Gasteiger partial charge is 0.228 e. The molecule has 0 atom stereocenters. The zero-order valence-electron chi connectivity index (χ0n) is 10.0. The largest absolute Gasteiger partial charge is 0.375 e. The maximum Gasteiger partial charge on any atom is 0.228 e. The molecule has 1 aliphatic rings. The van der Waals surface area contributed by atoms with Gasteiger partial charge in [0, 0.05) is 18.5 Å². The van der Waals surface area contributed by atoms with E-state index in [0.717, 1.165) is 31.6 Å². The number of nitrogens with two attached hydrogens (primary N) is 1. The second-order valence-electron chi connectivity index (χ2n) is 4.50. The van der Waals surface area contributed by atoms with Crippen LogP contribution in [0.15, 0.2) is 5.38 Å². The zero-order chi connectivity index (χ0) is 12.1. The first kappa shape index (κ1) is 12.4. The van der Waals surface area contributed by atoms with Crippen molar-refractivity contribution < 1.29 is 4.79 Å². The average molecular weight is 253 g/mol. The van der Waals surface area contributed by atoms with Crippen LogP contribution < -0.4 is 5.73 Å². The van der Waals surface area contributed by atoms with Crippen LogP contribution in [0.1, 0.15) is 37.8 Å². The molecule has 0 spiro atoms. The first-order valence-electron chi connectivity index (χ1n) is 6.23. The highest BCUT2D eigenvalue weighted by molar-refractivity contribution is 7.13. The molecule has 1 amide bonds. The number of carbonyl (C=O) groups excluding carboxylic acids is 1. The van der Waals surface area contributed by atoms with Crippen LogP contribution in [0.2, 0.25) is 0 Å². The summed E-state index contributed by atoms with van der Waals surface area (Å²) in [6.45, 7) is 1.80. The molecule has 1 aromatic rings. The van der Waals surface area contributed by atoms with Crippen LogP contribution >= 0.6 is 11.3 Å². The molecule has 5 heteroatoms. The summed E-state index contributed by atoms with van der Waals surface area (Å²) >= 11 is 1.40. The number of aromatic nitrogens is 1. The molecule has 1 aromatic heterocycles. The third-order valence-electron chi connectivity index (χ3n) is 3.11. The monoisotopic (exact) mass is 253 g/mol. The Balaban J connectivity index is 1.89. The van der Waals surface area contributed by atoms with E-state index >= 15 is 0 Å². The summed E-state index contributed by atoms with van der Waals surface area (Å²) in [5.41, 5.74) is 6.37. The first-order valence-corrected chi connectivity index (χ1v) is 7.11. The maximum absolute atomic E-state index is 12.1. The number of anilines is 1. The lowest BCUT2D eigenvalue weighted by atomic mass is 10.1.